The number of nitrogens with one attached hydrogen (secondary N) is 1. The SMILES string of the molecule is Cc1cccc(CS(=O)(=O)NCC2(c3ccccc3)CCOCC2)c1. The van der Waals surface area contributed by atoms with E-state index in [1.807, 2.05) is 49.4 Å². The van der Waals surface area contributed by atoms with Gasteiger partial charge in [0, 0.05) is 25.2 Å². The zero-order valence-corrected chi connectivity index (χ0v) is 15.4. The third-order valence-electron chi connectivity index (χ3n) is 4.91. The average Bonchev–Trinajstić information content (AvgIpc) is 2.61. The quantitative estimate of drug-likeness (QED) is 0.862. The molecule has 134 valence electrons. The fraction of sp³-hybridized carbons (Fsp3) is 0.400. The Hall–Kier alpha value is -1.69. The maximum absolute atomic E-state index is 12.6. The van der Waals surface area contributed by atoms with Gasteiger partial charge in [-0.3, -0.25) is 0 Å². The molecule has 1 N–H and O–H groups in total. The van der Waals surface area contributed by atoms with E-state index in [9.17, 15) is 8.42 Å². The highest BCUT2D eigenvalue weighted by Crippen LogP contribution is 2.34. The minimum absolute atomic E-state index is 0.00997. The second kappa shape index (κ2) is 7.68. The van der Waals surface area contributed by atoms with Crippen LogP contribution >= 0.6 is 0 Å². The van der Waals surface area contributed by atoms with E-state index in [4.69, 9.17) is 4.74 Å². The summed E-state index contributed by atoms with van der Waals surface area (Å²) in [5.74, 6) is 0.00997. The molecule has 0 radical (unpaired) electrons. The van der Waals surface area contributed by atoms with Gasteiger partial charge >= 0.3 is 0 Å². The van der Waals surface area contributed by atoms with Crippen LogP contribution in [0.3, 0.4) is 0 Å². The van der Waals surface area contributed by atoms with Gasteiger partial charge in [-0.25, -0.2) is 13.1 Å². The standard InChI is InChI=1S/C20H25NO3S/c1-17-6-5-7-18(14-17)15-25(22,23)21-16-20(10-12-24-13-11-20)19-8-3-2-4-9-19/h2-9,14,21H,10-13,15-16H2,1H3. The van der Waals surface area contributed by atoms with Crippen molar-refractivity contribution in [3.8, 4) is 0 Å². The van der Waals surface area contributed by atoms with Crippen LogP contribution in [0, 0.1) is 6.92 Å². The molecule has 0 aliphatic carbocycles. The second-order valence-electron chi connectivity index (χ2n) is 6.83. The van der Waals surface area contributed by atoms with Crippen molar-refractivity contribution < 1.29 is 13.2 Å². The molecule has 1 saturated heterocycles. The normalized spacial score (nSPS) is 17.3. The summed E-state index contributed by atoms with van der Waals surface area (Å²) in [6.45, 7) is 3.70. The predicted octanol–water partition coefficient (Wildman–Crippen LogP) is 3.16. The van der Waals surface area contributed by atoms with E-state index in [0.29, 0.717) is 19.8 Å². The van der Waals surface area contributed by atoms with Crippen molar-refractivity contribution in [1.29, 1.82) is 0 Å². The Morgan fingerprint density at radius 1 is 1.04 bits per heavy atom. The second-order valence-corrected chi connectivity index (χ2v) is 8.63. The van der Waals surface area contributed by atoms with Crippen molar-refractivity contribution in [2.24, 2.45) is 0 Å². The van der Waals surface area contributed by atoms with Gasteiger partial charge in [0.2, 0.25) is 10.0 Å². The smallest absolute Gasteiger partial charge is 0.215 e. The highest BCUT2D eigenvalue weighted by atomic mass is 32.2. The van der Waals surface area contributed by atoms with E-state index in [2.05, 4.69) is 16.9 Å². The molecule has 3 rings (SSSR count). The van der Waals surface area contributed by atoms with Crippen molar-refractivity contribution >= 4 is 10.0 Å². The fourth-order valence-electron chi connectivity index (χ4n) is 3.44. The summed E-state index contributed by atoms with van der Waals surface area (Å²) in [7, 11) is -3.39. The molecule has 0 amide bonds. The maximum atomic E-state index is 12.6. The maximum Gasteiger partial charge on any atom is 0.215 e. The summed E-state index contributed by atoms with van der Waals surface area (Å²) in [4.78, 5) is 0. The van der Waals surface area contributed by atoms with Gasteiger partial charge in [-0.2, -0.15) is 0 Å². The van der Waals surface area contributed by atoms with Crippen LogP contribution in [0.15, 0.2) is 54.6 Å². The Balaban J connectivity index is 1.74. The van der Waals surface area contributed by atoms with E-state index >= 15 is 0 Å². The van der Waals surface area contributed by atoms with Crippen LogP contribution in [0.4, 0.5) is 0 Å². The van der Waals surface area contributed by atoms with Gasteiger partial charge in [-0.05, 0) is 30.9 Å². The van der Waals surface area contributed by atoms with Crippen molar-refractivity contribution in [2.45, 2.75) is 30.9 Å². The number of aryl methyl sites for hydroxylation is 1. The lowest BCUT2D eigenvalue weighted by atomic mass is 9.74. The van der Waals surface area contributed by atoms with Crippen LogP contribution in [0.1, 0.15) is 29.5 Å². The summed E-state index contributed by atoms with van der Waals surface area (Å²) >= 11 is 0. The summed E-state index contributed by atoms with van der Waals surface area (Å²) in [6, 6.07) is 17.8. The average molecular weight is 359 g/mol. The highest BCUT2D eigenvalue weighted by Gasteiger charge is 2.35. The van der Waals surface area contributed by atoms with Crippen LogP contribution < -0.4 is 4.72 Å². The molecular weight excluding hydrogens is 334 g/mol. The van der Waals surface area contributed by atoms with Gasteiger partial charge in [-0.1, -0.05) is 60.2 Å². The Kier molecular flexibility index (Phi) is 5.57. The van der Waals surface area contributed by atoms with Gasteiger partial charge in [0.05, 0.1) is 5.75 Å². The number of rotatable bonds is 6. The molecule has 0 aromatic heterocycles. The first-order valence-corrected chi connectivity index (χ1v) is 10.3. The third kappa shape index (κ3) is 4.69. The number of ether oxygens (including phenoxy) is 1. The van der Waals surface area contributed by atoms with E-state index < -0.39 is 10.0 Å². The molecule has 1 aliphatic heterocycles. The minimum atomic E-state index is -3.39. The summed E-state index contributed by atoms with van der Waals surface area (Å²) in [6.07, 6.45) is 1.65. The highest BCUT2D eigenvalue weighted by molar-refractivity contribution is 7.88. The largest absolute Gasteiger partial charge is 0.381 e. The molecule has 1 heterocycles. The van der Waals surface area contributed by atoms with E-state index in [1.54, 1.807) is 0 Å². The number of benzene rings is 2. The molecule has 1 aliphatic rings. The van der Waals surface area contributed by atoms with Crippen molar-refractivity contribution in [3.05, 3.63) is 71.3 Å². The van der Waals surface area contributed by atoms with Gasteiger partial charge in [-0.15, -0.1) is 0 Å². The molecular formula is C20H25NO3S. The van der Waals surface area contributed by atoms with Gasteiger partial charge in [0.15, 0.2) is 0 Å². The number of sulfonamides is 1. The minimum Gasteiger partial charge on any atom is -0.381 e. The Bertz CT molecular complexity index is 797. The zero-order valence-electron chi connectivity index (χ0n) is 14.6. The molecule has 0 atom stereocenters. The Labute approximate surface area is 150 Å². The molecule has 0 saturated carbocycles. The fourth-order valence-corrected chi connectivity index (χ4v) is 4.66. The van der Waals surface area contributed by atoms with E-state index in [0.717, 1.165) is 24.0 Å². The van der Waals surface area contributed by atoms with E-state index in [1.165, 1.54) is 5.56 Å². The molecule has 2 aromatic carbocycles. The lowest BCUT2D eigenvalue weighted by molar-refractivity contribution is 0.0517. The Morgan fingerprint density at radius 2 is 1.76 bits per heavy atom. The Morgan fingerprint density at radius 3 is 2.44 bits per heavy atom. The first-order chi connectivity index (χ1) is 12.0. The van der Waals surface area contributed by atoms with Gasteiger partial charge in [0.1, 0.15) is 0 Å². The van der Waals surface area contributed by atoms with Crippen molar-refractivity contribution in [1.82, 2.24) is 4.72 Å². The predicted molar refractivity (Wildman–Crippen MR) is 100.0 cm³/mol. The molecule has 4 nitrogen and oxygen atoms in total. The molecule has 1 fully saturated rings. The number of hydrogen-bond acceptors (Lipinski definition) is 3. The van der Waals surface area contributed by atoms with Crippen LogP contribution in [-0.4, -0.2) is 28.2 Å². The van der Waals surface area contributed by atoms with Gasteiger partial charge in [0.25, 0.3) is 0 Å². The molecule has 0 unspecified atom stereocenters. The summed E-state index contributed by atoms with van der Waals surface area (Å²) in [5.41, 5.74) is 2.86. The van der Waals surface area contributed by atoms with Crippen LogP contribution in [0.25, 0.3) is 0 Å². The molecule has 25 heavy (non-hydrogen) atoms. The van der Waals surface area contributed by atoms with Crippen LogP contribution in [-0.2, 0) is 25.9 Å². The van der Waals surface area contributed by atoms with Crippen molar-refractivity contribution in [2.75, 3.05) is 19.8 Å². The third-order valence-corrected chi connectivity index (χ3v) is 6.20. The topological polar surface area (TPSA) is 55.4 Å². The monoisotopic (exact) mass is 359 g/mol. The zero-order chi connectivity index (χ0) is 17.8. The van der Waals surface area contributed by atoms with Crippen LogP contribution in [0.5, 0.6) is 0 Å². The summed E-state index contributed by atoms with van der Waals surface area (Å²) < 4.78 is 33.5. The lowest BCUT2D eigenvalue weighted by Crippen LogP contribution is -2.44. The first-order valence-electron chi connectivity index (χ1n) is 8.65. The lowest BCUT2D eigenvalue weighted by Gasteiger charge is -2.37. The van der Waals surface area contributed by atoms with Gasteiger partial charge < -0.3 is 4.74 Å². The number of hydrogen-bond donors (Lipinski definition) is 1. The molecule has 5 heteroatoms. The molecule has 0 spiro atoms. The first kappa shape index (κ1) is 18.1. The molecule has 0 bridgehead atoms. The van der Waals surface area contributed by atoms with E-state index in [-0.39, 0.29) is 11.2 Å². The molecule has 2 aromatic rings. The van der Waals surface area contributed by atoms with Crippen molar-refractivity contribution in [3.63, 3.8) is 0 Å². The van der Waals surface area contributed by atoms with Crippen LogP contribution in [0.2, 0.25) is 0 Å². The summed E-state index contributed by atoms with van der Waals surface area (Å²) in [5, 5.41) is 0.